The molecule has 12 heteroatoms. The van der Waals surface area contributed by atoms with E-state index in [9.17, 15) is 18.7 Å². The van der Waals surface area contributed by atoms with Crippen molar-refractivity contribution in [2.75, 3.05) is 53.0 Å². The van der Waals surface area contributed by atoms with Gasteiger partial charge < -0.3 is 24.2 Å². The van der Waals surface area contributed by atoms with Gasteiger partial charge in [-0.25, -0.2) is 8.78 Å². The summed E-state index contributed by atoms with van der Waals surface area (Å²) in [5.74, 6) is 0.402. The number of methoxy groups -OCH3 is 1. The van der Waals surface area contributed by atoms with E-state index in [1.807, 2.05) is 30.9 Å². The zero-order valence-electron chi connectivity index (χ0n) is 26.6. The largest absolute Gasteiger partial charge is 0.481 e. The highest BCUT2D eigenvalue weighted by Crippen LogP contribution is 2.37. The molecule has 2 atom stereocenters. The molecule has 0 spiro atoms. The minimum atomic E-state index is -2.68. The van der Waals surface area contributed by atoms with Crippen molar-refractivity contribution in [1.82, 2.24) is 24.7 Å². The number of amides is 1. The number of fused-ring (bicyclic) bond motifs is 1. The summed E-state index contributed by atoms with van der Waals surface area (Å²) in [6.07, 6.45) is -2.84. The molecule has 0 unspecified atom stereocenters. The third kappa shape index (κ3) is 8.09. The summed E-state index contributed by atoms with van der Waals surface area (Å²) >= 11 is 0. The van der Waals surface area contributed by atoms with Crippen molar-refractivity contribution in [2.45, 2.75) is 57.3 Å². The molecule has 3 heterocycles. The molecule has 248 valence electrons. The second-order valence-corrected chi connectivity index (χ2v) is 11.9. The van der Waals surface area contributed by atoms with Crippen LogP contribution >= 0.6 is 0 Å². The van der Waals surface area contributed by atoms with Crippen LogP contribution in [0.25, 0.3) is 0 Å². The van der Waals surface area contributed by atoms with Crippen molar-refractivity contribution >= 4 is 5.91 Å². The number of alkyl halides is 2. The van der Waals surface area contributed by atoms with Crippen LogP contribution in [0.2, 0.25) is 0 Å². The number of ether oxygens (including phenoxy) is 3. The van der Waals surface area contributed by atoms with Crippen molar-refractivity contribution in [1.29, 1.82) is 0 Å². The Labute approximate surface area is 268 Å². The predicted octanol–water partition coefficient (Wildman–Crippen LogP) is 3.83. The van der Waals surface area contributed by atoms with Crippen LogP contribution in [-0.4, -0.2) is 113 Å². The average molecular weight is 640 g/mol. The van der Waals surface area contributed by atoms with Gasteiger partial charge in [-0.05, 0) is 25.0 Å². The summed E-state index contributed by atoms with van der Waals surface area (Å²) in [6.45, 7) is 6.21. The number of piperazine rings is 2. The second kappa shape index (κ2) is 15.6. The van der Waals surface area contributed by atoms with Crippen molar-refractivity contribution in [3.05, 3.63) is 77.4 Å². The number of nitrogens with zero attached hydrogens (tertiary/aromatic N) is 5. The summed E-state index contributed by atoms with van der Waals surface area (Å²) in [5, 5.41) is 9.44. The predicted molar refractivity (Wildman–Crippen MR) is 168 cm³/mol. The topological polar surface area (TPSA) is 100 Å². The van der Waals surface area contributed by atoms with Crippen molar-refractivity contribution in [3.8, 4) is 17.8 Å². The lowest BCUT2D eigenvalue weighted by Crippen LogP contribution is -2.67. The molecule has 5 rings (SSSR count). The maximum atomic E-state index is 12.9. The first-order valence-corrected chi connectivity index (χ1v) is 15.8. The highest BCUT2D eigenvalue weighted by Gasteiger charge is 2.43. The van der Waals surface area contributed by atoms with Crippen molar-refractivity contribution in [3.63, 3.8) is 0 Å². The van der Waals surface area contributed by atoms with Crippen LogP contribution in [0.4, 0.5) is 8.78 Å². The number of aliphatic hydroxyl groups is 1. The lowest BCUT2D eigenvalue weighted by Gasteiger charge is -2.53. The molecule has 0 aliphatic carbocycles. The Morgan fingerprint density at radius 1 is 0.957 bits per heavy atom. The molecule has 0 bridgehead atoms. The van der Waals surface area contributed by atoms with Gasteiger partial charge in [0.1, 0.15) is 0 Å². The second-order valence-electron chi connectivity index (χ2n) is 11.9. The van der Waals surface area contributed by atoms with Gasteiger partial charge in [-0.15, -0.1) is 0 Å². The maximum absolute atomic E-state index is 12.9. The zero-order valence-corrected chi connectivity index (χ0v) is 26.6. The molecule has 1 amide bonds. The van der Waals surface area contributed by atoms with E-state index in [0.717, 1.165) is 0 Å². The zero-order chi connectivity index (χ0) is 32.6. The molecule has 0 saturated carbocycles. The van der Waals surface area contributed by atoms with E-state index in [-0.39, 0.29) is 60.8 Å². The highest BCUT2D eigenvalue weighted by molar-refractivity contribution is 5.76. The fraction of sp³-hybridized carbons (Fsp3) is 0.500. The Morgan fingerprint density at radius 3 is 2.20 bits per heavy atom. The lowest BCUT2D eigenvalue weighted by atomic mass is 9.81. The van der Waals surface area contributed by atoms with Gasteiger partial charge in [0.05, 0.1) is 25.4 Å². The minimum Gasteiger partial charge on any atom is -0.481 e. The van der Waals surface area contributed by atoms with Gasteiger partial charge in [0, 0.05) is 63.7 Å². The van der Waals surface area contributed by atoms with Gasteiger partial charge in [0.15, 0.2) is 6.61 Å². The molecular weight excluding hydrogens is 596 g/mol. The van der Waals surface area contributed by atoms with E-state index in [2.05, 4.69) is 68.3 Å². The van der Waals surface area contributed by atoms with E-state index in [1.165, 1.54) is 18.2 Å². The first-order valence-electron chi connectivity index (χ1n) is 15.8. The number of benzene rings is 2. The van der Waals surface area contributed by atoms with E-state index in [1.54, 1.807) is 0 Å². The smallest absolute Gasteiger partial charge is 0.323 e. The number of hydrogen-bond donors (Lipinski definition) is 1. The Hall–Kier alpha value is -3.87. The molecule has 2 aliphatic heterocycles. The SMILES string of the molecule is COc1nc(OCC(F)F)nc(OC(C)C)c1CN1C[C@@H]2CN(C(=O)CCO)CCN2[C@H](C(c2ccccc2)c2ccccc2)C1. The van der Waals surface area contributed by atoms with Crippen molar-refractivity contribution < 1.29 is 32.9 Å². The number of aromatic nitrogens is 2. The Bertz CT molecular complexity index is 1380. The molecule has 1 aromatic heterocycles. The number of hydrogen-bond acceptors (Lipinski definition) is 9. The summed E-state index contributed by atoms with van der Waals surface area (Å²) in [6, 6.07) is 20.8. The highest BCUT2D eigenvalue weighted by atomic mass is 19.3. The van der Waals surface area contributed by atoms with E-state index in [0.29, 0.717) is 44.8 Å². The molecule has 3 aromatic rings. The lowest BCUT2D eigenvalue weighted by molar-refractivity contribution is -0.137. The van der Waals surface area contributed by atoms with Gasteiger partial charge >= 0.3 is 6.01 Å². The standard InChI is InChI=1S/C34H43F2N5O5/c1-23(2)46-33-27(32(44-3)37-34(38-33)45-22-29(35)36)20-39-18-26-19-40(30(43)14-17-42)15-16-41(26)28(21-39)31(24-10-6-4-7-11-24)25-12-8-5-9-13-25/h4-13,23,26,28-29,31,42H,14-22H2,1-3H3/t26-,28+/m1/s1. The van der Waals surface area contributed by atoms with E-state index < -0.39 is 13.0 Å². The first-order chi connectivity index (χ1) is 22.3. The van der Waals surface area contributed by atoms with Crippen LogP contribution < -0.4 is 14.2 Å². The van der Waals surface area contributed by atoms with Crippen LogP contribution in [0.3, 0.4) is 0 Å². The molecule has 1 N–H and O–H groups in total. The summed E-state index contributed by atoms with van der Waals surface area (Å²) < 4.78 is 42.7. The number of halogens is 2. The minimum absolute atomic E-state index is 0.0140. The molecule has 46 heavy (non-hydrogen) atoms. The molecule has 2 fully saturated rings. The van der Waals surface area contributed by atoms with Crippen LogP contribution in [0, 0.1) is 0 Å². The molecule has 2 aliphatic rings. The van der Waals surface area contributed by atoms with Gasteiger partial charge in [-0.3, -0.25) is 14.6 Å². The Balaban J connectivity index is 1.53. The van der Waals surface area contributed by atoms with Crippen LogP contribution in [0.5, 0.6) is 17.8 Å². The first kappa shape index (κ1) is 33.5. The molecular formula is C34H43F2N5O5. The monoisotopic (exact) mass is 639 g/mol. The third-order valence-corrected chi connectivity index (χ3v) is 8.42. The average Bonchev–Trinajstić information content (AvgIpc) is 3.05. The summed E-state index contributed by atoms with van der Waals surface area (Å²) in [7, 11) is 1.47. The quantitative estimate of drug-likeness (QED) is 0.299. The fourth-order valence-corrected chi connectivity index (χ4v) is 6.55. The molecule has 2 aromatic carbocycles. The number of rotatable bonds is 13. The number of carbonyl (C=O) groups is 1. The Morgan fingerprint density at radius 2 is 1.61 bits per heavy atom. The Kier molecular flexibility index (Phi) is 11.4. The van der Waals surface area contributed by atoms with Crippen LogP contribution in [0.1, 0.15) is 42.9 Å². The number of aliphatic hydroxyl groups excluding tert-OH is 1. The number of carbonyl (C=O) groups excluding carboxylic acids is 1. The molecule has 10 nitrogen and oxygen atoms in total. The normalized spacial score (nSPS) is 19.0. The van der Waals surface area contributed by atoms with Gasteiger partial charge in [-0.1, -0.05) is 60.7 Å². The molecule has 2 saturated heterocycles. The van der Waals surface area contributed by atoms with Crippen LogP contribution in [-0.2, 0) is 11.3 Å². The van der Waals surface area contributed by atoms with Gasteiger partial charge in [0.2, 0.25) is 17.7 Å². The summed E-state index contributed by atoms with van der Waals surface area (Å²) in [5.41, 5.74) is 2.99. The maximum Gasteiger partial charge on any atom is 0.323 e. The fourth-order valence-electron chi connectivity index (χ4n) is 6.55. The van der Waals surface area contributed by atoms with Crippen molar-refractivity contribution in [2.24, 2.45) is 0 Å². The summed E-state index contributed by atoms with van der Waals surface area (Å²) in [4.78, 5) is 28.2. The van der Waals surface area contributed by atoms with E-state index in [4.69, 9.17) is 14.2 Å². The van der Waals surface area contributed by atoms with Gasteiger partial charge in [0.25, 0.3) is 6.43 Å². The van der Waals surface area contributed by atoms with Gasteiger partial charge in [-0.2, -0.15) is 9.97 Å². The third-order valence-electron chi connectivity index (χ3n) is 8.42. The van der Waals surface area contributed by atoms with Crippen LogP contribution in [0.15, 0.2) is 60.7 Å². The molecule has 0 radical (unpaired) electrons. The van der Waals surface area contributed by atoms with E-state index >= 15 is 0 Å².